The van der Waals surface area contributed by atoms with Gasteiger partial charge in [0.1, 0.15) is 0 Å². The van der Waals surface area contributed by atoms with E-state index < -0.39 is 0 Å². The second kappa shape index (κ2) is 5.21. The van der Waals surface area contributed by atoms with E-state index in [1.807, 2.05) is 6.07 Å². The molecule has 1 fully saturated rings. The predicted molar refractivity (Wildman–Crippen MR) is 60.2 cm³/mol. The third kappa shape index (κ3) is 2.75. The summed E-state index contributed by atoms with van der Waals surface area (Å²) in [6, 6.07) is 2.14. The molecule has 1 saturated carbocycles. The number of nitrogens with zero attached hydrogens (tertiary/aromatic N) is 2. The van der Waals surface area contributed by atoms with Gasteiger partial charge in [0.25, 0.3) is 0 Å². The lowest BCUT2D eigenvalue weighted by atomic mass is 9.89. The van der Waals surface area contributed by atoms with Gasteiger partial charge in [-0.15, -0.1) is 0 Å². The first-order valence-electron chi connectivity index (χ1n) is 5.90. The molecule has 1 unspecified atom stereocenters. The highest BCUT2D eigenvalue weighted by Gasteiger charge is 2.20. The molecule has 1 aromatic heterocycles. The molecule has 1 atom stereocenters. The largest absolute Gasteiger partial charge is 0.324 e. The topological polar surface area (TPSA) is 51.8 Å². The van der Waals surface area contributed by atoms with E-state index in [2.05, 4.69) is 10.2 Å². The summed E-state index contributed by atoms with van der Waals surface area (Å²) in [5.74, 6) is 0.636. The van der Waals surface area contributed by atoms with Crippen molar-refractivity contribution in [3.8, 4) is 0 Å². The van der Waals surface area contributed by atoms with Crippen molar-refractivity contribution >= 4 is 0 Å². The van der Waals surface area contributed by atoms with Gasteiger partial charge in [-0.25, -0.2) is 0 Å². The fourth-order valence-electron chi connectivity index (χ4n) is 2.44. The van der Waals surface area contributed by atoms with Crippen molar-refractivity contribution in [2.24, 2.45) is 11.7 Å². The molecule has 15 heavy (non-hydrogen) atoms. The summed E-state index contributed by atoms with van der Waals surface area (Å²) in [6.07, 6.45) is 11.5. The van der Waals surface area contributed by atoms with Gasteiger partial charge >= 0.3 is 0 Å². The molecule has 3 nitrogen and oxygen atoms in total. The summed E-state index contributed by atoms with van der Waals surface area (Å²) in [5, 5.41) is 7.68. The minimum Gasteiger partial charge on any atom is -0.324 e. The number of rotatable bonds is 2. The zero-order valence-electron chi connectivity index (χ0n) is 9.10. The standard InChI is InChI=1S/C12H19N3/c13-12(11-7-8-14-15-9-11)10-5-3-1-2-4-6-10/h7-10,12H,1-6,13H2. The van der Waals surface area contributed by atoms with Crippen LogP contribution >= 0.6 is 0 Å². The van der Waals surface area contributed by atoms with E-state index in [9.17, 15) is 0 Å². The minimum atomic E-state index is 0.151. The van der Waals surface area contributed by atoms with Crippen molar-refractivity contribution in [2.45, 2.75) is 44.6 Å². The fraction of sp³-hybridized carbons (Fsp3) is 0.667. The average molecular weight is 205 g/mol. The van der Waals surface area contributed by atoms with Crippen LogP contribution in [0.15, 0.2) is 18.5 Å². The van der Waals surface area contributed by atoms with Gasteiger partial charge in [0, 0.05) is 12.2 Å². The van der Waals surface area contributed by atoms with Crippen LogP contribution in [-0.4, -0.2) is 10.2 Å². The van der Waals surface area contributed by atoms with Gasteiger partial charge in [-0.05, 0) is 30.4 Å². The Bertz CT molecular complexity index is 278. The maximum Gasteiger partial charge on any atom is 0.0544 e. The molecule has 0 saturated heterocycles. The molecule has 0 aromatic carbocycles. The summed E-state index contributed by atoms with van der Waals surface area (Å²) < 4.78 is 0. The summed E-state index contributed by atoms with van der Waals surface area (Å²) >= 11 is 0. The van der Waals surface area contributed by atoms with Crippen LogP contribution in [0.3, 0.4) is 0 Å². The molecular weight excluding hydrogens is 186 g/mol. The van der Waals surface area contributed by atoms with Crippen LogP contribution in [0, 0.1) is 5.92 Å². The van der Waals surface area contributed by atoms with Crippen LogP contribution in [0.4, 0.5) is 0 Å². The molecule has 0 aliphatic heterocycles. The van der Waals surface area contributed by atoms with Crippen molar-refractivity contribution in [2.75, 3.05) is 0 Å². The second-order valence-electron chi connectivity index (χ2n) is 4.45. The van der Waals surface area contributed by atoms with Gasteiger partial charge in [0.05, 0.1) is 6.20 Å². The maximum absolute atomic E-state index is 6.27. The molecule has 1 aliphatic carbocycles. The van der Waals surface area contributed by atoms with E-state index in [4.69, 9.17) is 5.73 Å². The normalized spacial score (nSPS) is 20.9. The first-order valence-corrected chi connectivity index (χ1v) is 5.90. The maximum atomic E-state index is 6.27. The van der Waals surface area contributed by atoms with E-state index in [1.54, 1.807) is 12.4 Å². The highest BCUT2D eigenvalue weighted by Crippen LogP contribution is 2.31. The smallest absolute Gasteiger partial charge is 0.0544 e. The molecular formula is C12H19N3. The minimum absolute atomic E-state index is 0.151. The number of aromatic nitrogens is 2. The Labute approximate surface area is 91.1 Å². The highest BCUT2D eigenvalue weighted by molar-refractivity contribution is 5.12. The lowest BCUT2D eigenvalue weighted by Gasteiger charge is -2.22. The highest BCUT2D eigenvalue weighted by atomic mass is 15.1. The van der Waals surface area contributed by atoms with Crippen LogP contribution < -0.4 is 5.73 Å². The van der Waals surface area contributed by atoms with Crippen molar-refractivity contribution in [3.05, 3.63) is 24.0 Å². The number of hydrogen-bond donors (Lipinski definition) is 1. The molecule has 2 rings (SSSR count). The van der Waals surface area contributed by atoms with Gasteiger partial charge < -0.3 is 5.73 Å². The fourth-order valence-corrected chi connectivity index (χ4v) is 2.44. The van der Waals surface area contributed by atoms with Crippen molar-refractivity contribution in [3.63, 3.8) is 0 Å². The van der Waals surface area contributed by atoms with E-state index in [0.717, 1.165) is 5.56 Å². The molecule has 82 valence electrons. The average Bonchev–Trinajstić information content (AvgIpc) is 2.58. The van der Waals surface area contributed by atoms with Gasteiger partial charge in [0.2, 0.25) is 0 Å². The Hall–Kier alpha value is -0.960. The Balaban J connectivity index is 2.03. The van der Waals surface area contributed by atoms with E-state index in [1.165, 1.54) is 38.5 Å². The predicted octanol–water partition coefficient (Wildman–Crippen LogP) is 2.45. The van der Waals surface area contributed by atoms with Crippen LogP contribution in [0.2, 0.25) is 0 Å². The molecule has 2 N–H and O–H groups in total. The molecule has 0 bridgehead atoms. The van der Waals surface area contributed by atoms with Crippen molar-refractivity contribution in [1.82, 2.24) is 10.2 Å². The molecule has 0 radical (unpaired) electrons. The Morgan fingerprint density at radius 3 is 2.47 bits per heavy atom. The summed E-state index contributed by atoms with van der Waals surface area (Å²) in [4.78, 5) is 0. The molecule has 3 heteroatoms. The summed E-state index contributed by atoms with van der Waals surface area (Å²) in [6.45, 7) is 0. The quantitative estimate of drug-likeness (QED) is 0.754. The van der Waals surface area contributed by atoms with Gasteiger partial charge in [-0.3, -0.25) is 0 Å². The molecule has 0 spiro atoms. The van der Waals surface area contributed by atoms with E-state index >= 15 is 0 Å². The van der Waals surface area contributed by atoms with Crippen LogP contribution in [0.1, 0.15) is 50.1 Å². The Morgan fingerprint density at radius 2 is 1.87 bits per heavy atom. The number of nitrogens with two attached hydrogens (primary N) is 1. The zero-order valence-corrected chi connectivity index (χ0v) is 9.10. The molecule has 1 heterocycles. The Kier molecular flexibility index (Phi) is 3.67. The van der Waals surface area contributed by atoms with Crippen molar-refractivity contribution < 1.29 is 0 Å². The zero-order chi connectivity index (χ0) is 10.5. The van der Waals surface area contributed by atoms with Crippen molar-refractivity contribution in [1.29, 1.82) is 0 Å². The van der Waals surface area contributed by atoms with E-state index in [0.29, 0.717) is 5.92 Å². The monoisotopic (exact) mass is 205 g/mol. The van der Waals surface area contributed by atoms with Crippen LogP contribution in [0.5, 0.6) is 0 Å². The molecule has 1 aromatic rings. The van der Waals surface area contributed by atoms with Crippen LogP contribution in [-0.2, 0) is 0 Å². The molecule has 0 amide bonds. The molecule has 1 aliphatic rings. The number of hydrogen-bond acceptors (Lipinski definition) is 3. The summed E-state index contributed by atoms with van der Waals surface area (Å²) in [5.41, 5.74) is 7.41. The Morgan fingerprint density at radius 1 is 1.13 bits per heavy atom. The SMILES string of the molecule is NC(c1ccnnc1)C1CCCCCC1. The van der Waals surface area contributed by atoms with Gasteiger partial charge in [-0.1, -0.05) is 25.7 Å². The lowest BCUT2D eigenvalue weighted by Crippen LogP contribution is -2.21. The van der Waals surface area contributed by atoms with Crippen LogP contribution in [0.25, 0.3) is 0 Å². The third-order valence-corrected chi connectivity index (χ3v) is 3.40. The van der Waals surface area contributed by atoms with Gasteiger partial charge in [0.15, 0.2) is 0 Å². The first kappa shape index (κ1) is 10.6. The van der Waals surface area contributed by atoms with E-state index in [-0.39, 0.29) is 6.04 Å². The van der Waals surface area contributed by atoms with Gasteiger partial charge in [-0.2, -0.15) is 10.2 Å². The summed E-state index contributed by atoms with van der Waals surface area (Å²) in [7, 11) is 0. The lowest BCUT2D eigenvalue weighted by molar-refractivity contribution is 0.381. The second-order valence-corrected chi connectivity index (χ2v) is 4.45. The third-order valence-electron chi connectivity index (χ3n) is 3.40. The first-order chi connectivity index (χ1) is 7.38.